The third-order valence-corrected chi connectivity index (χ3v) is 0.961. The van der Waals surface area contributed by atoms with Gasteiger partial charge in [0.25, 0.3) is 0 Å². The van der Waals surface area contributed by atoms with Gasteiger partial charge in [0.1, 0.15) is 0 Å². The molecule has 0 spiro atoms. The first-order valence-electron chi connectivity index (χ1n) is 2.99. The molecule has 3 N–H and O–H groups in total. The van der Waals surface area contributed by atoms with E-state index in [2.05, 4.69) is 0 Å². The molecule has 0 rings (SSSR count). The van der Waals surface area contributed by atoms with Gasteiger partial charge in [-0.15, -0.1) is 0 Å². The lowest BCUT2D eigenvalue weighted by Crippen LogP contribution is -2.47. The Kier molecular flexibility index (Phi) is 3.18. The Labute approximate surface area is 64.2 Å². The molecule has 64 valence electrons. The van der Waals surface area contributed by atoms with E-state index in [1.807, 2.05) is 0 Å². The summed E-state index contributed by atoms with van der Waals surface area (Å²) in [4.78, 5) is 11.0. The summed E-state index contributed by atoms with van der Waals surface area (Å²) < 4.78 is 0. The van der Waals surface area contributed by atoms with E-state index in [0.29, 0.717) is 4.90 Å². The molecule has 1 amide bonds. The molecule has 0 radical (unpaired) electrons. The first-order chi connectivity index (χ1) is 4.89. The highest BCUT2D eigenvalue weighted by molar-refractivity contribution is 5.74. The Morgan fingerprint density at radius 3 is 2.00 bits per heavy atom. The average Bonchev–Trinajstić information content (AvgIpc) is 1.79. The summed E-state index contributed by atoms with van der Waals surface area (Å²) in [5.74, 6) is -0.671. The fraction of sp³-hybridized carbons (Fsp3) is 0.500. The van der Waals surface area contributed by atoms with Gasteiger partial charge < -0.3 is 15.3 Å². The second-order valence-corrected chi connectivity index (χ2v) is 1.97. The van der Waals surface area contributed by atoms with Crippen LogP contribution in [0.2, 0.25) is 0 Å². The van der Waals surface area contributed by atoms with E-state index >= 15 is 0 Å². The van der Waals surface area contributed by atoms with Gasteiger partial charge in [0, 0.05) is 13.1 Å². The molecular formula is C6H11NO4. The lowest BCUT2D eigenvalue weighted by molar-refractivity contribution is -0.371. The first kappa shape index (κ1) is 10.1. The molecule has 0 aromatic carbocycles. The average molecular weight is 161 g/mol. The van der Waals surface area contributed by atoms with Crippen molar-refractivity contribution in [3.63, 3.8) is 0 Å². The van der Waals surface area contributed by atoms with Crippen LogP contribution in [0.4, 0.5) is 0 Å². The lowest BCUT2D eigenvalue weighted by atomic mass is 10.5. The highest BCUT2D eigenvalue weighted by atomic mass is 16.7. The van der Waals surface area contributed by atoms with E-state index in [1.54, 1.807) is 6.92 Å². The summed E-state index contributed by atoms with van der Waals surface area (Å²) in [5, 5.41) is 25.6. The van der Waals surface area contributed by atoms with E-state index in [-0.39, 0.29) is 0 Å². The van der Waals surface area contributed by atoms with Gasteiger partial charge in [-0.25, -0.2) is 4.90 Å². The maximum Gasteiger partial charge on any atom is 0.375 e. The van der Waals surface area contributed by atoms with E-state index in [4.69, 9.17) is 15.3 Å². The van der Waals surface area contributed by atoms with Gasteiger partial charge >= 0.3 is 6.10 Å². The van der Waals surface area contributed by atoms with Crippen LogP contribution in [0, 0.1) is 0 Å². The van der Waals surface area contributed by atoms with Crippen LogP contribution in [-0.2, 0) is 4.79 Å². The van der Waals surface area contributed by atoms with Crippen molar-refractivity contribution in [3.8, 4) is 0 Å². The Balaban J connectivity index is 4.48. The van der Waals surface area contributed by atoms with Crippen LogP contribution in [0.1, 0.15) is 13.8 Å². The molecule has 0 aliphatic carbocycles. The summed E-state index contributed by atoms with van der Waals surface area (Å²) in [6.07, 6.45) is -0.667. The van der Waals surface area contributed by atoms with Crippen molar-refractivity contribution in [1.29, 1.82) is 0 Å². The van der Waals surface area contributed by atoms with Gasteiger partial charge in [0.2, 0.25) is 5.91 Å². The SMILES string of the molecule is C/C=C\N(C(C)=O)C(O)(O)O. The Hall–Kier alpha value is -0.910. The second kappa shape index (κ2) is 3.47. The molecule has 0 saturated carbocycles. The fourth-order valence-corrected chi connectivity index (χ4v) is 0.565. The number of hydrogen-bond donors (Lipinski definition) is 3. The lowest BCUT2D eigenvalue weighted by Gasteiger charge is -2.25. The maximum absolute atomic E-state index is 10.6. The van der Waals surface area contributed by atoms with Gasteiger partial charge in [-0.3, -0.25) is 4.79 Å². The number of allylic oxidation sites excluding steroid dienone is 1. The summed E-state index contributed by atoms with van der Waals surface area (Å²) >= 11 is 0. The molecule has 5 heteroatoms. The second-order valence-electron chi connectivity index (χ2n) is 1.97. The molecule has 0 bridgehead atoms. The fourth-order valence-electron chi connectivity index (χ4n) is 0.565. The van der Waals surface area contributed by atoms with Crippen molar-refractivity contribution in [1.82, 2.24) is 4.90 Å². The molecule has 0 atom stereocenters. The minimum atomic E-state index is -3.11. The Morgan fingerprint density at radius 2 is 1.91 bits per heavy atom. The van der Waals surface area contributed by atoms with E-state index in [9.17, 15) is 4.79 Å². The predicted molar refractivity (Wildman–Crippen MR) is 36.7 cm³/mol. The molecule has 11 heavy (non-hydrogen) atoms. The maximum atomic E-state index is 10.6. The molecule has 0 saturated heterocycles. The topological polar surface area (TPSA) is 81.0 Å². The van der Waals surface area contributed by atoms with Gasteiger partial charge in [-0.05, 0) is 6.92 Å². The Bertz CT molecular complexity index is 170. The van der Waals surface area contributed by atoms with Crippen molar-refractivity contribution in [2.75, 3.05) is 0 Å². The van der Waals surface area contributed by atoms with Gasteiger partial charge in [0.05, 0.1) is 0 Å². The van der Waals surface area contributed by atoms with E-state index in [1.165, 1.54) is 6.08 Å². The van der Waals surface area contributed by atoms with Gasteiger partial charge in [-0.1, -0.05) is 6.08 Å². The molecule has 0 aliphatic rings. The minimum Gasteiger partial charge on any atom is -0.325 e. The summed E-state index contributed by atoms with van der Waals surface area (Å²) in [6.45, 7) is 2.67. The van der Waals surface area contributed by atoms with Crippen molar-refractivity contribution < 1.29 is 20.1 Å². The van der Waals surface area contributed by atoms with Crippen LogP contribution in [0.3, 0.4) is 0 Å². The van der Waals surface area contributed by atoms with Crippen molar-refractivity contribution in [2.45, 2.75) is 19.9 Å². The number of hydrogen-bond acceptors (Lipinski definition) is 4. The molecule has 0 heterocycles. The quantitative estimate of drug-likeness (QED) is 0.452. The molecule has 5 nitrogen and oxygen atoms in total. The number of aliphatic hydroxyl groups is 3. The van der Waals surface area contributed by atoms with Gasteiger partial charge in [0.15, 0.2) is 0 Å². The molecule has 0 fully saturated rings. The van der Waals surface area contributed by atoms with E-state index in [0.717, 1.165) is 13.1 Å². The summed E-state index contributed by atoms with van der Waals surface area (Å²) in [6, 6.07) is 0. The zero-order valence-electron chi connectivity index (χ0n) is 6.35. The van der Waals surface area contributed by atoms with E-state index < -0.39 is 12.0 Å². The zero-order valence-corrected chi connectivity index (χ0v) is 6.35. The van der Waals surface area contributed by atoms with Crippen molar-refractivity contribution >= 4 is 5.91 Å². The minimum absolute atomic E-state index is 0.382. The molecule has 0 aliphatic heterocycles. The van der Waals surface area contributed by atoms with Crippen LogP contribution in [0.15, 0.2) is 12.3 Å². The van der Waals surface area contributed by atoms with Gasteiger partial charge in [-0.2, -0.15) is 0 Å². The molecular weight excluding hydrogens is 150 g/mol. The van der Waals surface area contributed by atoms with Crippen LogP contribution in [0.5, 0.6) is 0 Å². The molecule has 0 aromatic rings. The van der Waals surface area contributed by atoms with Crippen molar-refractivity contribution in [2.24, 2.45) is 0 Å². The van der Waals surface area contributed by atoms with Crippen molar-refractivity contribution in [3.05, 3.63) is 12.3 Å². The number of carbonyl (C=O) groups is 1. The van der Waals surface area contributed by atoms with Crippen LogP contribution in [0.25, 0.3) is 0 Å². The zero-order chi connectivity index (χ0) is 9.07. The standard InChI is InChI=1S/C6H11NO4/c1-3-4-7(5(2)8)6(9,10)11/h3-4,9-11H,1-2H3/b4-3-. The smallest absolute Gasteiger partial charge is 0.325 e. The Morgan fingerprint density at radius 1 is 1.45 bits per heavy atom. The third kappa shape index (κ3) is 3.13. The van der Waals surface area contributed by atoms with Crippen LogP contribution in [-0.4, -0.2) is 32.2 Å². The number of carbonyl (C=O) groups excluding carboxylic acids is 1. The summed E-state index contributed by atoms with van der Waals surface area (Å²) in [5.41, 5.74) is 0. The number of rotatable bonds is 2. The van der Waals surface area contributed by atoms with Crippen LogP contribution >= 0.6 is 0 Å². The number of nitrogens with zero attached hydrogens (tertiary/aromatic N) is 1. The highest BCUT2D eigenvalue weighted by Gasteiger charge is 2.29. The largest absolute Gasteiger partial charge is 0.375 e. The number of amides is 1. The monoisotopic (exact) mass is 161 g/mol. The summed E-state index contributed by atoms with van der Waals surface area (Å²) in [7, 11) is 0. The predicted octanol–water partition coefficient (Wildman–Crippen LogP) is -1.04. The molecule has 0 aromatic heterocycles. The highest BCUT2D eigenvalue weighted by Crippen LogP contribution is 2.04. The van der Waals surface area contributed by atoms with Crippen LogP contribution < -0.4 is 0 Å². The normalized spacial score (nSPS) is 12.1. The molecule has 0 unspecified atom stereocenters. The third-order valence-electron chi connectivity index (χ3n) is 0.961. The first-order valence-corrected chi connectivity index (χ1v) is 2.99.